The third kappa shape index (κ3) is 10.3. The normalized spacial score (nSPS) is 10.3. The molecule has 0 fully saturated rings. The Kier molecular flexibility index (Phi) is 15.0. The van der Waals surface area contributed by atoms with Crippen molar-refractivity contribution in [1.82, 2.24) is 0 Å². The van der Waals surface area contributed by atoms with Gasteiger partial charge in [-0.2, -0.15) is 0 Å². The Morgan fingerprint density at radius 3 is 1.04 bits per heavy atom. The first-order valence-corrected chi connectivity index (χ1v) is 15.4. The van der Waals surface area contributed by atoms with E-state index in [0.717, 1.165) is 0 Å². The summed E-state index contributed by atoms with van der Waals surface area (Å²) in [5, 5.41) is 23.8. The molecular formula is C39H31N2O3PRu. The van der Waals surface area contributed by atoms with E-state index in [4.69, 9.17) is 4.65 Å². The van der Waals surface area contributed by atoms with E-state index in [1.165, 1.54) is 15.9 Å². The first-order chi connectivity index (χ1) is 22.2. The zero-order chi connectivity index (χ0) is 31.7. The topological polar surface area (TPSA) is 85.1 Å². The second-order valence-corrected chi connectivity index (χ2v) is 11.7. The second-order valence-electron chi connectivity index (χ2n) is 9.46. The van der Waals surface area contributed by atoms with Gasteiger partial charge in [-0.15, -0.1) is 0 Å². The molecule has 0 heterocycles. The van der Waals surface area contributed by atoms with Crippen LogP contribution in [-0.2, 0) is 24.1 Å². The Morgan fingerprint density at radius 2 is 0.717 bits per heavy atom. The molecule has 7 heteroatoms. The molecule has 5 nitrogen and oxygen atoms in total. The molecule has 0 amide bonds. The molecule has 46 heavy (non-hydrogen) atoms. The standard InChI is InChI=1S/C20H16N2O2.C18H15P.CO.Ru/c23-19-11-5-1-7-15(19)13-21-17-9-3-4-10-18(17)22-14-16-8-2-6-12-20(16)24;1-4-10-16(11-5-1)19(17-12-6-2-7-13-17)18-14-8-3-9-15-18;1-2;/h1-14,23-24H;1-15H;;. The van der Waals surface area contributed by atoms with E-state index in [9.17, 15) is 10.2 Å². The average Bonchev–Trinajstić information content (AvgIpc) is 3.11. The number of nitrogens with zero attached hydrogens (tertiary/aromatic N) is 2. The summed E-state index contributed by atoms with van der Waals surface area (Å²) < 4.78 is 7.50. The number of hydrogen-bond donors (Lipinski definition) is 2. The molecular weight excluding hydrogens is 676 g/mol. The van der Waals surface area contributed by atoms with E-state index >= 15 is 0 Å². The second kappa shape index (κ2) is 19.4. The van der Waals surface area contributed by atoms with Crippen LogP contribution in [0, 0.1) is 6.65 Å². The minimum atomic E-state index is -0.446. The molecule has 0 aliphatic heterocycles. The van der Waals surface area contributed by atoms with Crippen LogP contribution >= 0.6 is 7.92 Å². The predicted octanol–water partition coefficient (Wildman–Crippen LogP) is 8.00. The van der Waals surface area contributed by atoms with Gasteiger partial charge in [0.15, 0.2) is 0 Å². The van der Waals surface area contributed by atoms with Crippen molar-refractivity contribution in [3.63, 3.8) is 0 Å². The van der Waals surface area contributed by atoms with Crippen LogP contribution in [0.15, 0.2) is 174 Å². The maximum Gasteiger partial charge on any atom is 0 e. The number of phenolic OH excluding ortho intramolecular Hbond substituents is 2. The molecule has 0 unspecified atom stereocenters. The summed E-state index contributed by atoms with van der Waals surface area (Å²) in [6.07, 6.45) is 3.20. The van der Waals surface area contributed by atoms with Gasteiger partial charge in [0, 0.05) is 43.0 Å². The Labute approximate surface area is 283 Å². The molecule has 228 valence electrons. The largest absolute Gasteiger partial charge is 0.0622 e. The van der Waals surface area contributed by atoms with E-state index in [0.29, 0.717) is 22.5 Å². The Bertz CT molecular complexity index is 1680. The van der Waals surface area contributed by atoms with Crippen LogP contribution in [-0.4, -0.2) is 22.6 Å². The van der Waals surface area contributed by atoms with Gasteiger partial charge in [-0.3, -0.25) is 9.98 Å². The maximum atomic E-state index is 9.79. The molecule has 0 saturated heterocycles. The van der Waals surface area contributed by atoms with Gasteiger partial charge >= 0.3 is 11.3 Å². The van der Waals surface area contributed by atoms with E-state index < -0.39 is 7.92 Å². The molecule has 6 aromatic rings. The summed E-state index contributed by atoms with van der Waals surface area (Å²) in [6.45, 7) is 4.50. The molecule has 6 rings (SSSR count). The van der Waals surface area contributed by atoms with Crippen molar-refractivity contribution in [2.45, 2.75) is 0 Å². The summed E-state index contributed by atoms with van der Waals surface area (Å²) in [4.78, 5) is 8.82. The van der Waals surface area contributed by atoms with Crippen LogP contribution in [0.1, 0.15) is 11.1 Å². The monoisotopic (exact) mass is 708 g/mol. The smallest absolute Gasteiger partial charge is 0 e. The predicted molar refractivity (Wildman–Crippen MR) is 186 cm³/mol. The molecule has 6 aromatic carbocycles. The van der Waals surface area contributed by atoms with Gasteiger partial charge in [-0.1, -0.05) is 127 Å². The van der Waals surface area contributed by atoms with Gasteiger partial charge < -0.3 is 10.2 Å². The summed E-state index contributed by atoms with van der Waals surface area (Å²) in [5.41, 5.74) is 2.62. The number of hydrogen-bond acceptors (Lipinski definition) is 4. The summed E-state index contributed by atoms with van der Waals surface area (Å²) in [5.74, 6) is 0.355. The van der Waals surface area contributed by atoms with Crippen molar-refractivity contribution in [2.24, 2.45) is 9.98 Å². The third-order valence-electron chi connectivity index (χ3n) is 6.48. The van der Waals surface area contributed by atoms with Gasteiger partial charge in [0.25, 0.3) is 0 Å². The minimum Gasteiger partial charge on any atom is -0.0622 e. The Hall–Kier alpha value is -4.95. The first kappa shape index (κ1) is 35.5. The van der Waals surface area contributed by atoms with Crippen molar-refractivity contribution < 1.29 is 34.3 Å². The number of rotatable bonds is 7. The fourth-order valence-corrected chi connectivity index (χ4v) is 6.64. The molecule has 0 aliphatic carbocycles. The zero-order valence-corrected chi connectivity index (χ0v) is 27.4. The third-order valence-corrected chi connectivity index (χ3v) is 8.93. The van der Waals surface area contributed by atoms with Gasteiger partial charge in [-0.25, -0.2) is 0 Å². The van der Waals surface area contributed by atoms with Gasteiger partial charge in [-0.05, 0) is 60.2 Å². The van der Waals surface area contributed by atoms with Gasteiger partial charge in [0.2, 0.25) is 0 Å². The fraction of sp³-hybridized carbons (Fsp3) is 0. The summed E-state index contributed by atoms with van der Waals surface area (Å²) >= 11 is 0. The molecule has 0 bridgehead atoms. The van der Waals surface area contributed by atoms with Crippen LogP contribution in [0.3, 0.4) is 0 Å². The summed E-state index contributed by atoms with van der Waals surface area (Å²) in [6, 6.07) is 53.7. The quantitative estimate of drug-likeness (QED) is 0.0580. The molecule has 0 atom stereocenters. The molecule has 0 radical (unpaired) electrons. The van der Waals surface area contributed by atoms with Crippen molar-refractivity contribution in [1.29, 1.82) is 0 Å². The van der Waals surface area contributed by atoms with E-state index in [-0.39, 0.29) is 31.0 Å². The Morgan fingerprint density at radius 1 is 0.435 bits per heavy atom. The number of phenols is 2. The van der Waals surface area contributed by atoms with Gasteiger partial charge in [0.1, 0.15) is 11.5 Å². The molecule has 0 aliphatic rings. The van der Waals surface area contributed by atoms with Crippen molar-refractivity contribution in [3.8, 4) is 11.5 Å². The fourth-order valence-electron chi connectivity index (χ4n) is 4.33. The SMILES string of the molecule is Oc1ccccc1C=Nc1ccccc1N=Cc1ccccc1O.[C-]#[O+].[Ru].c1ccc(P(c2ccccc2)c2ccccc2)cc1. The summed E-state index contributed by atoms with van der Waals surface area (Å²) in [7, 11) is -0.446. The molecule has 0 aromatic heterocycles. The van der Waals surface area contributed by atoms with Crippen LogP contribution in [0.4, 0.5) is 11.4 Å². The van der Waals surface area contributed by atoms with E-state index in [1.807, 2.05) is 36.4 Å². The maximum absolute atomic E-state index is 9.79. The van der Waals surface area contributed by atoms with Crippen LogP contribution in [0.25, 0.3) is 0 Å². The molecule has 0 saturated carbocycles. The first-order valence-electron chi connectivity index (χ1n) is 14.1. The number of aromatic hydroxyl groups is 2. The number of benzene rings is 6. The van der Waals surface area contributed by atoms with Crippen molar-refractivity contribution >= 4 is 47.6 Å². The van der Waals surface area contributed by atoms with Gasteiger partial charge in [0.05, 0.1) is 11.4 Å². The minimum absolute atomic E-state index is 0. The van der Waals surface area contributed by atoms with Crippen LogP contribution in [0.2, 0.25) is 0 Å². The number of para-hydroxylation sites is 4. The Balaban J connectivity index is 0.000000238. The van der Waals surface area contributed by atoms with Crippen molar-refractivity contribution in [2.75, 3.05) is 0 Å². The van der Waals surface area contributed by atoms with Crippen LogP contribution in [0.5, 0.6) is 11.5 Å². The average molecular weight is 708 g/mol. The zero-order valence-electron chi connectivity index (χ0n) is 24.7. The van der Waals surface area contributed by atoms with Crippen molar-refractivity contribution in [3.05, 3.63) is 182 Å². The number of aliphatic imine (C=N–C) groups is 2. The van der Waals surface area contributed by atoms with Crippen LogP contribution < -0.4 is 15.9 Å². The van der Waals surface area contributed by atoms with E-state index in [1.54, 1.807) is 48.8 Å². The molecule has 2 N–H and O–H groups in total. The molecule has 0 spiro atoms. The van der Waals surface area contributed by atoms with E-state index in [2.05, 4.69) is 108 Å².